The molecule has 1 N–H and O–H groups in total. The molecule has 0 amide bonds. The minimum absolute atomic E-state index is 0.0380. The van der Waals surface area contributed by atoms with Crippen molar-refractivity contribution in [2.75, 3.05) is 7.11 Å². The molecule has 0 unspecified atom stereocenters. The van der Waals surface area contributed by atoms with Crippen LogP contribution < -0.4 is 4.74 Å². The number of ether oxygens (including phenoxy) is 1. The highest BCUT2D eigenvalue weighted by molar-refractivity contribution is 5.86. The normalized spacial score (nSPS) is 9.88. The van der Waals surface area contributed by atoms with Crippen molar-refractivity contribution in [2.45, 2.75) is 27.2 Å². The standard InChI is InChI=1S/C14H18O3/c1-9(2)12(8-14(15)16)13-7-11(17-4)6-5-10(13)3/h5-7H,8H2,1-4H3,(H,15,16). The van der Waals surface area contributed by atoms with Crippen LogP contribution in [-0.4, -0.2) is 18.2 Å². The molecule has 0 heterocycles. The summed E-state index contributed by atoms with van der Waals surface area (Å²) in [6.45, 7) is 5.83. The molecule has 92 valence electrons. The zero-order valence-corrected chi connectivity index (χ0v) is 10.7. The molecular formula is C14H18O3. The van der Waals surface area contributed by atoms with Crippen LogP contribution in [0.5, 0.6) is 5.75 Å². The van der Waals surface area contributed by atoms with E-state index in [9.17, 15) is 4.79 Å². The van der Waals surface area contributed by atoms with Gasteiger partial charge in [-0.15, -0.1) is 0 Å². The molecule has 1 rings (SSSR count). The molecule has 3 nitrogen and oxygen atoms in total. The Morgan fingerprint density at radius 3 is 2.47 bits per heavy atom. The van der Waals surface area contributed by atoms with Gasteiger partial charge in [0.2, 0.25) is 0 Å². The molecule has 0 atom stereocenters. The van der Waals surface area contributed by atoms with Crippen molar-refractivity contribution in [3.05, 3.63) is 34.9 Å². The van der Waals surface area contributed by atoms with E-state index in [0.717, 1.165) is 28.0 Å². The van der Waals surface area contributed by atoms with Gasteiger partial charge in [-0.25, -0.2) is 0 Å². The predicted molar refractivity (Wildman–Crippen MR) is 68.3 cm³/mol. The summed E-state index contributed by atoms with van der Waals surface area (Å²) in [7, 11) is 1.60. The Balaban J connectivity index is 3.28. The molecule has 0 bridgehead atoms. The summed E-state index contributed by atoms with van der Waals surface area (Å²) >= 11 is 0. The number of hydrogen-bond acceptors (Lipinski definition) is 2. The number of carboxylic acids is 1. The first kappa shape index (κ1) is 13.3. The fourth-order valence-electron chi connectivity index (χ4n) is 1.75. The Morgan fingerprint density at radius 2 is 2.00 bits per heavy atom. The number of carboxylic acid groups (broad SMARTS) is 1. The van der Waals surface area contributed by atoms with Crippen LogP contribution in [0.2, 0.25) is 0 Å². The molecule has 0 radical (unpaired) electrons. The van der Waals surface area contributed by atoms with Gasteiger partial charge in [-0.3, -0.25) is 4.79 Å². The highest BCUT2D eigenvalue weighted by atomic mass is 16.5. The maximum atomic E-state index is 10.9. The summed E-state index contributed by atoms with van der Waals surface area (Å²) in [6.07, 6.45) is 0.0380. The lowest BCUT2D eigenvalue weighted by molar-refractivity contribution is -0.135. The Bertz CT molecular complexity index is 455. The first-order valence-corrected chi connectivity index (χ1v) is 5.49. The van der Waals surface area contributed by atoms with E-state index < -0.39 is 5.97 Å². The van der Waals surface area contributed by atoms with Crippen molar-refractivity contribution < 1.29 is 14.6 Å². The number of aliphatic carboxylic acids is 1. The zero-order valence-electron chi connectivity index (χ0n) is 10.7. The Labute approximate surface area is 102 Å². The molecule has 0 spiro atoms. The summed E-state index contributed by atoms with van der Waals surface area (Å²) < 4.78 is 5.17. The second kappa shape index (κ2) is 5.53. The van der Waals surface area contributed by atoms with Crippen LogP contribution in [0.3, 0.4) is 0 Å². The van der Waals surface area contributed by atoms with Crippen LogP contribution in [0.1, 0.15) is 31.4 Å². The molecular weight excluding hydrogens is 216 g/mol. The van der Waals surface area contributed by atoms with Crippen LogP contribution in [0.15, 0.2) is 23.8 Å². The van der Waals surface area contributed by atoms with Gasteiger partial charge in [0.15, 0.2) is 0 Å². The van der Waals surface area contributed by atoms with E-state index in [1.165, 1.54) is 0 Å². The fraction of sp³-hybridized carbons (Fsp3) is 0.357. The lowest BCUT2D eigenvalue weighted by Crippen LogP contribution is -2.00. The number of benzene rings is 1. The fourth-order valence-corrected chi connectivity index (χ4v) is 1.75. The van der Waals surface area contributed by atoms with Gasteiger partial charge in [0.1, 0.15) is 5.75 Å². The molecule has 0 aliphatic carbocycles. The van der Waals surface area contributed by atoms with Crippen LogP contribution in [-0.2, 0) is 4.79 Å². The van der Waals surface area contributed by atoms with Gasteiger partial charge in [-0.05, 0) is 49.6 Å². The van der Waals surface area contributed by atoms with Crippen LogP contribution in [0.25, 0.3) is 5.57 Å². The van der Waals surface area contributed by atoms with Crippen molar-refractivity contribution >= 4 is 11.5 Å². The van der Waals surface area contributed by atoms with E-state index in [4.69, 9.17) is 9.84 Å². The molecule has 0 aromatic heterocycles. The Morgan fingerprint density at radius 1 is 1.35 bits per heavy atom. The number of hydrogen-bond donors (Lipinski definition) is 1. The zero-order chi connectivity index (χ0) is 13.0. The highest BCUT2D eigenvalue weighted by Gasteiger charge is 2.12. The van der Waals surface area contributed by atoms with Crippen LogP contribution in [0.4, 0.5) is 0 Å². The quantitative estimate of drug-likeness (QED) is 0.869. The highest BCUT2D eigenvalue weighted by Crippen LogP contribution is 2.28. The number of aryl methyl sites for hydroxylation is 1. The van der Waals surface area contributed by atoms with Gasteiger partial charge in [-0.2, -0.15) is 0 Å². The third-order valence-electron chi connectivity index (χ3n) is 2.70. The van der Waals surface area contributed by atoms with Crippen molar-refractivity contribution in [1.29, 1.82) is 0 Å². The number of rotatable bonds is 4. The molecule has 1 aromatic carbocycles. The van der Waals surface area contributed by atoms with Gasteiger partial charge in [0.05, 0.1) is 13.5 Å². The van der Waals surface area contributed by atoms with E-state index in [0.29, 0.717) is 0 Å². The lowest BCUT2D eigenvalue weighted by Gasteiger charge is -2.13. The molecule has 3 heteroatoms. The minimum Gasteiger partial charge on any atom is -0.497 e. The average Bonchev–Trinajstić information content (AvgIpc) is 2.26. The topological polar surface area (TPSA) is 46.5 Å². The van der Waals surface area contributed by atoms with Crippen molar-refractivity contribution in [3.8, 4) is 5.75 Å². The van der Waals surface area contributed by atoms with Crippen molar-refractivity contribution in [3.63, 3.8) is 0 Å². The van der Waals surface area contributed by atoms with Gasteiger partial charge in [0, 0.05) is 0 Å². The van der Waals surface area contributed by atoms with Crippen LogP contribution >= 0.6 is 0 Å². The van der Waals surface area contributed by atoms with Crippen LogP contribution in [0, 0.1) is 6.92 Å². The largest absolute Gasteiger partial charge is 0.497 e. The van der Waals surface area contributed by atoms with Gasteiger partial charge >= 0.3 is 5.97 Å². The molecule has 0 aliphatic rings. The van der Waals surface area contributed by atoms with E-state index in [2.05, 4.69) is 0 Å². The van der Waals surface area contributed by atoms with Gasteiger partial charge in [-0.1, -0.05) is 11.6 Å². The minimum atomic E-state index is -0.816. The number of allylic oxidation sites excluding steroid dienone is 1. The lowest BCUT2D eigenvalue weighted by atomic mass is 9.94. The number of methoxy groups -OCH3 is 1. The van der Waals surface area contributed by atoms with E-state index in [1.54, 1.807) is 7.11 Å². The number of carbonyl (C=O) groups is 1. The Hall–Kier alpha value is -1.77. The predicted octanol–water partition coefficient (Wildman–Crippen LogP) is 3.27. The maximum Gasteiger partial charge on any atom is 0.307 e. The molecule has 1 aromatic rings. The summed E-state index contributed by atoms with van der Waals surface area (Å²) in [5.74, 6) is -0.0711. The average molecular weight is 234 g/mol. The third kappa shape index (κ3) is 3.34. The van der Waals surface area contributed by atoms with Crippen molar-refractivity contribution in [1.82, 2.24) is 0 Å². The summed E-state index contributed by atoms with van der Waals surface area (Å²) in [5, 5.41) is 8.95. The molecule has 0 saturated carbocycles. The summed E-state index contributed by atoms with van der Waals surface area (Å²) in [5.41, 5.74) is 3.88. The Kier molecular flexibility index (Phi) is 4.32. The molecule has 17 heavy (non-hydrogen) atoms. The van der Waals surface area contributed by atoms with Gasteiger partial charge < -0.3 is 9.84 Å². The third-order valence-corrected chi connectivity index (χ3v) is 2.70. The smallest absolute Gasteiger partial charge is 0.307 e. The van der Waals surface area contributed by atoms with E-state index in [1.807, 2.05) is 39.0 Å². The van der Waals surface area contributed by atoms with E-state index in [-0.39, 0.29) is 6.42 Å². The summed E-state index contributed by atoms with van der Waals surface area (Å²) in [6, 6.07) is 5.71. The molecule has 0 fully saturated rings. The van der Waals surface area contributed by atoms with Gasteiger partial charge in [0.25, 0.3) is 0 Å². The first-order valence-electron chi connectivity index (χ1n) is 5.49. The van der Waals surface area contributed by atoms with Crippen molar-refractivity contribution in [2.24, 2.45) is 0 Å². The maximum absolute atomic E-state index is 10.9. The SMILES string of the molecule is COc1ccc(C)c(C(CC(=O)O)=C(C)C)c1. The first-order chi connectivity index (χ1) is 7.95. The van der Waals surface area contributed by atoms with E-state index >= 15 is 0 Å². The molecule has 0 aliphatic heterocycles. The second-order valence-corrected chi connectivity index (χ2v) is 4.23. The monoisotopic (exact) mass is 234 g/mol. The molecule has 0 saturated heterocycles. The second-order valence-electron chi connectivity index (χ2n) is 4.23. The summed E-state index contributed by atoms with van der Waals surface area (Å²) in [4.78, 5) is 10.9.